The Balaban J connectivity index is 1.64. The molecule has 2 heterocycles. The Kier molecular flexibility index (Phi) is 4.71. The van der Waals surface area contributed by atoms with Crippen LogP contribution in [0.25, 0.3) is 0 Å². The van der Waals surface area contributed by atoms with E-state index in [2.05, 4.69) is 39.2 Å². The van der Waals surface area contributed by atoms with Gasteiger partial charge in [0.1, 0.15) is 11.2 Å². The summed E-state index contributed by atoms with van der Waals surface area (Å²) in [6.07, 6.45) is 0.606. The molecule has 1 aliphatic heterocycles. The van der Waals surface area contributed by atoms with E-state index < -0.39 is 0 Å². The highest BCUT2D eigenvalue weighted by Crippen LogP contribution is 2.18. The van der Waals surface area contributed by atoms with Crippen LogP contribution in [0.5, 0.6) is 0 Å². The third-order valence-electron chi connectivity index (χ3n) is 3.89. The monoisotopic (exact) mass is 377 g/mol. The number of amides is 1. The summed E-state index contributed by atoms with van der Waals surface area (Å²) in [6, 6.07) is 8.17. The van der Waals surface area contributed by atoms with Crippen molar-refractivity contribution >= 4 is 22.0 Å². The Morgan fingerprint density at radius 2 is 1.96 bits per heavy atom. The molecule has 0 radical (unpaired) electrons. The summed E-state index contributed by atoms with van der Waals surface area (Å²) in [5.41, 5.74) is 4.41. The van der Waals surface area contributed by atoms with Gasteiger partial charge in [0.15, 0.2) is 0 Å². The highest BCUT2D eigenvalue weighted by atomic mass is 79.9. The van der Waals surface area contributed by atoms with Crippen molar-refractivity contribution in [1.82, 2.24) is 14.7 Å². The highest BCUT2D eigenvalue weighted by molar-refractivity contribution is 9.10. The summed E-state index contributed by atoms with van der Waals surface area (Å²) < 4.78 is 8.25. The molecule has 5 nitrogen and oxygen atoms in total. The van der Waals surface area contributed by atoms with E-state index in [1.807, 2.05) is 24.6 Å². The fraction of sp³-hybridized carbons (Fsp3) is 0.412. The van der Waals surface area contributed by atoms with Crippen LogP contribution in [0.2, 0.25) is 0 Å². The molecule has 122 valence electrons. The van der Waals surface area contributed by atoms with Gasteiger partial charge in [-0.25, -0.2) is 4.79 Å². The number of ether oxygens (including phenoxy) is 1. The predicted molar refractivity (Wildman–Crippen MR) is 91.1 cm³/mol. The zero-order valence-electron chi connectivity index (χ0n) is 13.4. The molecular formula is C17H20BrN3O2. The number of benzene rings is 1. The topological polar surface area (TPSA) is 47.4 Å². The van der Waals surface area contributed by atoms with Gasteiger partial charge in [-0.05, 0) is 47.8 Å². The molecule has 23 heavy (non-hydrogen) atoms. The van der Waals surface area contributed by atoms with Crippen LogP contribution in [-0.4, -0.2) is 27.3 Å². The highest BCUT2D eigenvalue weighted by Gasteiger charge is 2.21. The van der Waals surface area contributed by atoms with Crippen LogP contribution in [-0.2, 0) is 24.4 Å². The molecule has 0 spiro atoms. The van der Waals surface area contributed by atoms with Gasteiger partial charge in [-0.15, -0.1) is 0 Å². The molecule has 3 rings (SSSR count). The van der Waals surface area contributed by atoms with Gasteiger partial charge in [0.25, 0.3) is 0 Å². The Morgan fingerprint density at radius 3 is 2.70 bits per heavy atom. The number of rotatable bonds is 2. The molecule has 6 heteroatoms. The lowest BCUT2D eigenvalue weighted by Crippen LogP contribution is -2.31. The number of carbonyl (C=O) groups excluding carboxylic acids is 1. The predicted octanol–water partition coefficient (Wildman–Crippen LogP) is 3.80. The van der Waals surface area contributed by atoms with Crippen molar-refractivity contribution in [3.05, 3.63) is 51.3 Å². The summed E-state index contributed by atoms with van der Waals surface area (Å²) in [4.78, 5) is 14.1. The molecule has 1 aromatic heterocycles. The molecule has 2 aromatic rings. The maximum absolute atomic E-state index is 12.4. The van der Waals surface area contributed by atoms with Gasteiger partial charge in [0.05, 0.1) is 12.2 Å². The van der Waals surface area contributed by atoms with Gasteiger partial charge in [0.2, 0.25) is 0 Å². The van der Waals surface area contributed by atoms with Crippen LogP contribution in [0.3, 0.4) is 0 Å². The van der Waals surface area contributed by atoms with Crippen LogP contribution in [0.15, 0.2) is 28.9 Å². The largest absolute Gasteiger partial charge is 0.445 e. The maximum atomic E-state index is 12.4. The number of aromatic nitrogens is 2. The lowest BCUT2D eigenvalue weighted by molar-refractivity contribution is 0.0941. The molecule has 0 N–H and O–H groups in total. The Bertz CT molecular complexity index is 706. The van der Waals surface area contributed by atoms with E-state index in [-0.39, 0.29) is 6.09 Å². The minimum absolute atomic E-state index is 0.269. The Morgan fingerprint density at radius 1 is 1.22 bits per heavy atom. The average Bonchev–Trinajstić information content (AvgIpc) is 2.70. The Labute approximate surface area is 144 Å². The SMILES string of the molecule is Cc1cc(C)cc(COC(=O)N2CCCn3nc(Br)cc3C2)c1. The second-order valence-corrected chi connectivity index (χ2v) is 6.82. The van der Waals surface area contributed by atoms with E-state index in [9.17, 15) is 4.79 Å². The fourth-order valence-electron chi connectivity index (χ4n) is 2.97. The smallest absolute Gasteiger partial charge is 0.410 e. The number of carbonyl (C=O) groups is 1. The van der Waals surface area contributed by atoms with E-state index in [4.69, 9.17) is 4.74 Å². The van der Waals surface area contributed by atoms with Crippen LogP contribution in [0.1, 0.15) is 28.8 Å². The van der Waals surface area contributed by atoms with Gasteiger partial charge in [-0.2, -0.15) is 5.10 Å². The van der Waals surface area contributed by atoms with Crippen molar-refractivity contribution in [1.29, 1.82) is 0 Å². The average molecular weight is 378 g/mol. The van der Waals surface area contributed by atoms with Crippen molar-refractivity contribution in [3.63, 3.8) is 0 Å². The van der Waals surface area contributed by atoms with Gasteiger partial charge < -0.3 is 9.64 Å². The first-order valence-corrected chi connectivity index (χ1v) is 8.51. The van der Waals surface area contributed by atoms with Crippen molar-refractivity contribution in [2.45, 2.75) is 40.0 Å². The minimum atomic E-state index is -0.269. The summed E-state index contributed by atoms with van der Waals surface area (Å²) >= 11 is 3.38. The third-order valence-corrected chi connectivity index (χ3v) is 4.27. The molecular weight excluding hydrogens is 358 g/mol. The lowest BCUT2D eigenvalue weighted by Gasteiger charge is -2.19. The summed E-state index contributed by atoms with van der Waals surface area (Å²) in [7, 11) is 0. The molecule has 1 aliphatic rings. The number of fused-ring (bicyclic) bond motifs is 1. The van der Waals surface area contributed by atoms with E-state index >= 15 is 0 Å². The second-order valence-electron chi connectivity index (χ2n) is 6.01. The molecule has 0 fully saturated rings. The molecule has 0 bridgehead atoms. The molecule has 1 aromatic carbocycles. The lowest BCUT2D eigenvalue weighted by atomic mass is 10.1. The first kappa shape index (κ1) is 16.1. The summed E-state index contributed by atoms with van der Waals surface area (Å²) in [5, 5.41) is 4.37. The molecule has 0 atom stereocenters. The van der Waals surface area contributed by atoms with Crippen LogP contribution in [0.4, 0.5) is 4.79 Å². The third kappa shape index (κ3) is 3.93. The second kappa shape index (κ2) is 6.74. The van der Waals surface area contributed by atoms with Gasteiger partial charge in [-0.1, -0.05) is 29.3 Å². The van der Waals surface area contributed by atoms with E-state index in [0.717, 1.165) is 28.8 Å². The van der Waals surface area contributed by atoms with Crippen molar-refractivity contribution in [3.8, 4) is 0 Å². The normalized spacial score (nSPS) is 14.3. The van der Waals surface area contributed by atoms with E-state index in [0.29, 0.717) is 19.7 Å². The fourth-order valence-corrected chi connectivity index (χ4v) is 3.43. The number of aryl methyl sites for hydroxylation is 3. The quantitative estimate of drug-likeness (QED) is 0.799. The molecule has 0 aliphatic carbocycles. The van der Waals surface area contributed by atoms with Gasteiger partial charge >= 0.3 is 6.09 Å². The van der Waals surface area contributed by atoms with Crippen molar-refractivity contribution in [2.24, 2.45) is 0 Å². The first-order valence-electron chi connectivity index (χ1n) is 7.72. The molecule has 0 saturated heterocycles. The van der Waals surface area contributed by atoms with Crippen LogP contribution < -0.4 is 0 Å². The van der Waals surface area contributed by atoms with E-state index in [1.54, 1.807) is 4.90 Å². The Hall–Kier alpha value is -1.82. The number of nitrogens with zero attached hydrogens (tertiary/aromatic N) is 3. The van der Waals surface area contributed by atoms with Crippen LogP contribution in [0, 0.1) is 13.8 Å². The van der Waals surface area contributed by atoms with Gasteiger partial charge in [0, 0.05) is 13.1 Å². The molecule has 0 unspecified atom stereocenters. The zero-order valence-corrected chi connectivity index (χ0v) is 15.0. The summed E-state index contributed by atoms with van der Waals surface area (Å²) in [5.74, 6) is 0. The summed E-state index contributed by atoms with van der Waals surface area (Å²) in [6.45, 7) is 6.44. The van der Waals surface area contributed by atoms with Crippen molar-refractivity contribution < 1.29 is 9.53 Å². The zero-order chi connectivity index (χ0) is 16.4. The van der Waals surface area contributed by atoms with Gasteiger partial charge in [-0.3, -0.25) is 4.68 Å². The molecule has 0 saturated carbocycles. The molecule has 1 amide bonds. The minimum Gasteiger partial charge on any atom is -0.445 e. The van der Waals surface area contributed by atoms with Crippen molar-refractivity contribution in [2.75, 3.05) is 6.54 Å². The number of hydrogen-bond donors (Lipinski definition) is 0. The standard InChI is InChI=1S/C17H20BrN3O2/c1-12-6-13(2)8-14(7-12)11-23-17(22)20-4-3-5-21-15(10-20)9-16(18)19-21/h6-9H,3-5,10-11H2,1-2H3. The maximum Gasteiger partial charge on any atom is 0.410 e. The van der Waals surface area contributed by atoms with E-state index in [1.165, 1.54) is 11.1 Å². The first-order chi connectivity index (χ1) is 11.0. The number of hydrogen-bond acceptors (Lipinski definition) is 3. The number of halogens is 1. The van der Waals surface area contributed by atoms with Crippen LogP contribution >= 0.6 is 15.9 Å².